The van der Waals surface area contributed by atoms with Crippen LogP contribution in [-0.2, 0) is 19.6 Å². The first-order valence-corrected chi connectivity index (χ1v) is 9.70. The van der Waals surface area contributed by atoms with E-state index in [-0.39, 0.29) is 0 Å². The van der Waals surface area contributed by atoms with Gasteiger partial charge in [-0.1, -0.05) is 54.6 Å². The molecule has 0 saturated heterocycles. The molecule has 0 aliphatic carbocycles. The summed E-state index contributed by atoms with van der Waals surface area (Å²) in [5.74, 6) is 0. The minimum Gasteiger partial charge on any atom is -0.358 e. The maximum atomic E-state index is 5.73. The Hall–Kier alpha value is -2.66. The van der Waals surface area contributed by atoms with Crippen molar-refractivity contribution in [1.82, 2.24) is 19.8 Å². The highest BCUT2D eigenvalue weighted by Gasteiger charge is 2.11. The standard InChI is InChI=1S/C22H26N4S/c1-19-8-5-6-11-21(19)17-26(14-7-13-25-15-12-23-18-25)22(27)24-16-20-9-3-2-4-10-20/h2-6,8-12,15,18H,7,13-14,16-17H2,1H3,(H,24,27). The molecule has 3 rings (SSSR count). The fraction of sp³-hybridized carbons (Fsp3) is 0.273. The highest BCUT2D eigenvalue weighted by molar-refractivity contribution is 7.80. The molecule has 0 aliphatic heterocycles. The quantitative estimate of drug-likeness (QED) is 0.597. The number of hydrogen-bond acceptors (Lipinski definition) is 2. The number of thiocarbonyl (C=S) groups is 1. The first-order chi connectivity index (χ1) is 13.2. The molecular formula is C22H26N4S. The molecule has 4 nitrogen and oxygen atoms in total. The molecule has 0 saturated carbocycles. The van der Waals surface area contributed by atoms with Gasteiger partial charge in [-0.25, -0.2) is 4.98 Å². The van der Waals surface area contributed by atoms with Crippen LogP contribution in [0.4, 0.5) is 0 Å². The van der Waals surface area contributed by atoms with Crippen LogP contribution in [0.25, 0.3) is 0 Å². The number of nitrogens with one attached hydrogen (secondary N) is 1. The lowest BCUT2D eigenvalue weighted by Crippen LogP contribution is -2.40. The monoisotopic (exact) mass is 378 g/mol. The van der Waals surface area contributed by atoms with E-state index in [0.717, 1.165) is 37.7 Å². The maximum absolute atomic E-state index is 5.73. The van der Waals surface area contributed by atoms with E-state index in [0.29, 0.717) is 0 Å². The first-order valence-electron chi connectivity index (χ1n) is 9.29. The zero-order valence-corrected chi connectivity index (χ0v) is 16.5. The van der Waals surface area contributed by atoms with Crippen molar-refractivity contribution in [1.29, 1.82) is 0 Å². The minimum absolute atomic E-state index is 0.742. The lowest BCUT2D eigenvalue weighted by molar-refractivity contribution is 0.384. The van der Waals surface area contributed by atoms with Gasteiger partial charge in [-0.05, 0) is 42.3 Å². The van der Waals surface area contributed by atoms with Crippen LogP contribution in [0, 0.1) is 6.92 Å². The summed E-state index contributed by atoms with van der Waals surface area (Å²) in [5.41, 5.74) is 3.83. The van der Waals surface area contributed by atoms with Crippen molar-refractivity contribution in [3.63, 3.8) is 0 Å². The van der Waals surface area contributed by atoms with Crippen molar-refractivity contribution in [2.75, 3.05) is 6.54 Å². The van der Waals surface area contributed by atoms with Gasteiger partial charge in [-0.15, -0.1) is 0 Å². The molecule has 1 aromatic heterocycles. The summed E-state index contributed by atoms with van der Waals surface area (Å²) in [6, 6.07) is 18.9. The Morgan fingerprint density at radius 2 is 1.89 bits per heavy atom. The number of hydrogen-bond donors (Lipinski definition) is 1. The lowest BCUT2D eigenvalue weighted by atomic mass is 10.1. The number of aryl methyl sites for hydroxylation is 2. The van der Waals surface area contributed by atoms with Crippen molar-refractivity contribution in [3.8, 4) is 0 Å². The Morgan fingerprint density at radius 3 is 2.63 bits per heavy atom. The smallest absolute Gasteiger partial charge is 0.169 e. The van der Waals surface area contributed by atoms with Crippen LogP contribution in [0.1, 0.15) is 23.1 Å². The molecule has 0 spiro atoms. The van der Waals surface area contributed by atoms with Gasteiger partial charge in [0.05, 0.1) is 6.33 Å². The number of nitrogens with zero attached hydrogens (tertiary/aromatic N) is 3. The van der Waals surface area contributed by atoms with Crippen LogP contribution in [0.5, 0.6) is 0 Å². The highest BCUT2D eigenvalue weighted by atomic mass is 32.1. The van der Waals surface area contributed by atoms with E-state index in [2.05, 4.69) is 75.2 Å². The second-order valence-electron chi connectivity index (χ2n) is 6.65. The van der Waals surface area contributed by atoms with Gasteiger partial charge >= 0.3 is 0 Å². The SMILES string of the molecule is Cc1ccccc1CN(CCCn1ccnc1)C(=S)NCc1ccccc1. The molecule has 0 unspecified atom stereocenters. The third-order valence-corrected chi connectivity index (χ3v) is 5.00. The molecule has 0 amide bonds. The van der Waals surface area contributed by atoms with Crippen LogP contribution < -0.4 is 5.32 Å². The average molecular weight is 379 g/mol. The third-order valence-electron chi connectivity index (χ3n) is 4.60. The lowest BCUT2D eigenvalue weighted by Gasteiger charge is -2.27. The summed E-state index contributed by atoms with van der Waals surface area (Å²) in [6.45, 7) is 5.54. The summed E-state index contributed by atoms with van der Waals surface area (Å²) < 4.78 is 2.10. The van der Waals surface area contributed by atoms with Crippen molar-refractivity contribution >= 4 is 17.3 Å². The third kappa shape index (κ3) is 5.93. The summed E-state index contributed by atoms with van der Waals surface area (Å²) in [7, 11) is 0. The van der Waals surface area contributed by atoms with Crippen molar-refractivity contribution in [2.24, 2.45) is 0 Å². The molecule has 27 heavy (non-hydrogen) atoms. The van der Waals surface area contributed by atoms with E-state index in [1.165, 1.54) is 16.7 Å². The van der Waals surface area contributed by atoms with Crippen molar-refractivity contribution in [3.05, 3.63) is 90.0 Å². The molecule has 1 N–H and O–H groups in total. The maximum Gasteiger partial charge on any atom is 0.169 e. The van der Waals surface area contributed by atoms with E-state index >= 15 is 0 Å². The van der Waals surface area contributed by atoms with E-state index in [9.17, 15) is 0 Å². The van der Waals surface area contributed by atoms with Gasteiger partial charge in [0, 0.05) is 38.6 Å². The molecule has 0 bridgehead atoms. The summed E-state index contributed by atoms with van der Waals surface area (Å²) in [5, 5.41) is 4.22. The highest BCUT2D eigenvalue weighted by Crippen LogP contribution is 2.12. The molecule has 140 valence electrons. The fourth-order valence-electron chi connectivity index (χ4n) is 2.99. The predicted octanol–water partition coefficient (Wildman–Crippen LogP) is 4.16. The molecule has 5 heteroatoms. The average Bonchev–Trinajstić information content (AvgIpc) is 3.21. The Kier molecular flexibility index (Phi) is 6.99. The normalized spacial score (nSPS) is 10.6. The molecule has 1 heterocycles. The molecule has 3 aromatic rings. The number of rotatable bonds is 8. The van der Waals surface area contributed by atoms with Gasteiger partial charge in [-0.3, -0.25) is 0 Å². The minimum atomic E-state index is 0.742. The van der Waals surface area contributed by atoms with E-state index in [1.807, 2.05) is 24.8 Å². The molecule has 0 fully saturated rings. The molecule has 0 aliphatic rings. The fourth-order valence-corrected chi connectivity index (χ4v) is 3.22. The molecular weight excluding hydrogens is 352 g/mol. The van der Waals surface area contributed by atoms with Gasteiger partial charge < -0.3 is 14.8 Å². The number of benzene rings is 2. The van der Waals surface area contributed by atoms with Gasteiger partial charge in [0.25, 0.3) is 0 Å². The van der Waals surface area contributed by atoms with E-state index in [4.69, 9.17) is 12.2 Å². The Labute approximate surface area is 166 Å². The Morgan fingerprint density at radius 1 is 1.11 bits per heavy atom. The van der Waals surface area contributed by atoms with Gasteiger partial charge in [0.15, 0.2) is 5.11 Å². The van der Waals surface area contributed by atoms with Crippen LogP contribution in [-0.4, -0.2) is 26.1 Å². The molecule has 0 radical (unpaired) electrons. The van der Waals surface area contributed by atoms with Gasteiger partial charge in [0.2, 0.25) is 0 Å². The predicted molar refractivity (Wildman–Crippen MR) is 114 cm³/mol. The van der Waals surface area contributed by atoms with Crippen LogP contribution in [0.2, 0.25) is 0 Å². The van der Waals surface area contributed by atoms with Gasteiger partial charge in [0.1, 0.15) is 0 Å². The second-order valence-corrected chi connectivity index (χ2v) is 7.03. The number of imidazole rings is 1. The van der Waals surface area contributed by atoms with Crippen LogP contribution in [0.3, 0.4) is 0 Å². The van der Waals surface area contributed by atoms with E-state index in [1.54, 1.807) is 0 Å². The van der Waals surface area contributed by atoms with Gasteiger partial charge in [-0.2, -0.15) is 0 Å². The van der Waals surface area contributed by atoms with Crippen molar-refractivity contribution in [2.45, 2.75) is 33.0 Å². The Bertz CT molecular complexity index is 831. The van der Waals surface area contributed by atoms with Crippen LogP contribution in [0.15, 0.2) is 73.3 Å². The second kappa shape index (κ2) is 9.88. The zero-order valence-electron chi connectivity index (χ0n) is 15.7. The van der Waals surface area contributed by atoms with E-state index < -0.39 is 0 Å². The first kappa shape index (κ1) is 19.1. The summed E-state index contributed by atoms with van der Waals surface area (Å²) in [4.78, 5) is 6.37. The van der Waals surface area contributed by atoms with Crippen molar-refractivity contribution < 1.29 is 0 Å². The number of aromatic nitrogens is 2. The Balaban J connectivity index is 1.62. The molecule has 2 aromatic carbocycles. The molecule has 0 atom stereocenters. The summed E-state index contributed by atoms with van der Waals surface area (Å²) in [6.07, 6.45) is 6.68. The topological polar surface area (TPSA) is 33.1 Å². The summed E-state index contributed by atoms with van der Waals surface area (Å²) >= 11 is 5.73. The van der Waals surface area contributed by atoms with Crippen LogP contribution >= 0.6 is 12.2 Å². The zero-order chi connectivity index (χ0) is 18.9. The largest absolute Gasteiger partial charge is 0.358 e.